The van der Waals surface area contributed by atoms with Crippen molar-refractivity contribution in [3.8, 4) is 0 Å². The smallest absolute Gasteiger partial charge is 0.247 e. The van der Waals surface area contributed by atoms with Crippen molar-refractivity contribution >= 4 is 23.5 Å². The van der Waals surface area contributed by atoms with Crippen molar-refractivity contribution in [1.29, 1.82) is 0 Å². The summed E-state index contributed by atoms with van der Waals surface area (Å²) in [5, 5.41) is 2.79. The number of rotatable bonds is 2. The lowest BCUT2D eigenvalue weighted by atomic mass is 9.87. The molecule has 2 aromatic heterocycles. The van der Waals surface area contributed by atoms with Crippen molar-refractivity contribution in [1.82, 2.24) is 15.0 Å². The molecule has 4 rings (SSSR count). The molecule has 0 spiro atoms. The highest BCUT2D eigenvalue weighted by Crippen LogP contribution is 2.39. The molecular formula is C16H18N6O3. The van der Waals surface area contributed by atoms with Gasteiger partial charge in [0.25, 0.3) is 0 Å². The number of fused-ring (bicyclic) bond motifs is 1. The van der Waals surface area contributed by atoms with Gasteiger partial charge in [0.1, 0.15) is 11.6 Å². The summed E-state index contributed by atoms with van der Waals surface area (Å²) in [4.78, 5) is 37.0. The molecule has 9 nitrogen and oxygen atoms in total. The topological polar surface area (TPSA) is 126 Å². The fourth-order valence-electron chi connectivity index (χ4n) is 3.21. The van der Waals surface area contributed by atoms with Crippen LogP contribution in [0.5, 0.6) is 0 Å². The lowest BCUT2D eigenvalue weighted by molar-refractivity contribution is -0.116. The molecule has 2 aliphatic heterocycles. The van der Waals surface area contributed by atoms with Gasteiger partial charge in [-0.1, -0.05) is 6.07 Å². The van der Waals surface area contributed by atoms with E-state index in [9.17, 15) is 9.59 Å². The fraction of sp³-hybridized carbons (Fsp3) is 0.375. The van der Waals surface area contributed by atoms with Crippen LogP contribution in [0.3, 0.4) is 0 Å². The maximum absolute atomic E-state index is 12.2. The molecule has 2 aromatic rings. The summed E-state index contributed by atoms with van der Waals surface area (Å²) in [6, 6.07) is 3.13. The number of carbonyl (C=O) groups excluding carboxylic acids is 1. The van der Waals surface area contributed by atoms with Gasteiger partial charge in [0, 0.05) is 43.3 Å². The molecule has 0 aromatic carbocycles. The second kappa shape index (κ2) is 6.17. The van der Waals surface area contributed by atoms with Crippen LogP contribution in [0, 0.1) is 0 Å². The molecule has 9 heteroatoms. The molecule has 4 heterocycles. The third-order valence-electron chi connectivity index (χ3n) is 4.46. The molecule has 4 N–H and O–H groups in total. The van der Waals surface area contributed by atoms with E-state index >= 15 is 0 Å². The standard InChI is InChI=1S/C16H18N6O3/c17-14-13-10(9-1-2-11(23)18-8-9)7-12(24)19-15(13)21-16(20-14)22-3-5-25-6-4-22/h1-2,8,10H,3-7H2,(H,18,23)(H3,17,19,20,21,24). The van der Waals surface area contributed by atoms with Gasteiger partial charge in [-0.25, -0.2) is 0 Å². The zero-order valence-corrected chi connectivity index (χ0v) is 13.5. The number of amides is 1. The van der Waals surface area contributed by atoms with Crippen LogP contribution in [-0.4, -0.2) is 47.2 Å². The van der Waals surface area contributed by atoms with E-state index in [1.165, 1.54) is 6.07 Å². The Morgan fingerprint density at radius 3 is 2.72 bits per heavy atom. The minimum absolute atomic E-state index is 0.144. The van der Waals surface area contributed by atoms with Gasteiger partial charge in [0.2, 0.25) is 17.4 Å². The third-order valence-corrected chi connectivity index (χ3v) is 4.46. The molecule has 130 valence electrons. The van der Waals surface area contributed by atoms with Crippen LogP contribution in [0.15, 0.2) is 23.1 Å². The minimum atomic E-state index is -0.292. The Kier molecular flexibility index (Phi) is 3.85. The van der Waals surface area contributed by atoms with E-state index in [0.717, 1.165) is 5.56 Å². The molecule has 1 unspecified atom stereocenters. The average Bonchev–Trinajstić information content (AvgIpc) is 2.62. The van der Waals surface area contributed by atoms with Crippen LogP contribution < -0.4 is 21.5 Å². The molecule has 2 aliphatic rings. The Morgan fingerprint density at radius 1 is 1.20 bits per heavy atom. The Bertz CT molecular complexity index is 854. The fourth-order valence-corrected chi connectivity index (χ4v) is 3.21. The SMILES string of the molecule is Nc1nc(N2CCOCC2)nc2c1C(c1ccc(=O)[nH]c1)CC(=O)N2. The largest absolute Gasteiger partial charge is 0.383 e. The van der Waals surface area contributed by atoms with E-state index in [2.05, 4.69) is 20.3 Å². The summed E-state index contributed by atoms with van der Waals surface area (Å²) < 4.78 is 5.34. The van der Waals surface area contributed by atoms with Gasteiger partial charge in [0.05, 0.1) is 13.2 Å². The monoisotopic (exact) mass is 342 g/mol. The number of anilines is 3. The number of pyridine rings is 1. The first kappa shape index (κ1) is 15.6. The molecule has 1 atom stereocenters. The van der Waals surface area contributed by atoms with E-state index in [-0.39, 0.29) is 23.8 Å². The Balaban J connectivity index is 1.76. The van der Waals surface area contributed by atoms with Gasteiger partial charge < -0.3 is 25.7 Å². The van der Waals surface area contributed by atoms with Gasteiger partial charge in [0.15, 0.2) is 0 Å². The van der Waals surface area contributed by atoms with Gasteiger partial charge in [-0.15, -0.1) is 0 Å². The molecule has 1 fully saturated rings. The number of hydrogen-bond donors (Lipinski definition) is 3. The first-order valence-corrected chi connectivity index (χ1v) is 8.10. The van der Waals surface area contributed by atoms with Crippen LogP contribution in [0.1, 0.15) is 23.5 Å². The van der Waals surface area contributed by atoms with Crippen molar-refractivity contribution < 1.29 is 9.53 Å². The van der Waals surface area contributed by atoms with Gasteiger partial charge in [-0.2, -0.15) is 9.97 Å². The van der Waals surface area contributed by atoms with Crippen LogP contribution in [0.2, 0.25) is 0 Å². The predicted octanol–water partition coefficient (Wildman–Crippen LogP) is 0.0578. The number of nitrogen functional groups attached to an aromatic ring is 1. The zero-order valence-electron chi connectivity index (χ0n) is 13.5. The van der Waals surface area contributed by atoms with Crippen molar-refractivity contribution in [3.63, 3.8) is 0 Å². The molecule has 0 aliphatic carbocycles. The molecule has 1 amide bonds. The summed E-state index contributed by atoms with van der Waals surface area (Å²) in [6.07, 6.45) is 1.83. The quantitative estimate of drug-likeness (QED) is 0.704. The molecule has 0 radical (unpaired) electrons. The summed E-state index contributed by atoms with van der Waals surface area (Å²) in [6.45, 7) is 2.56. The number of ether oxygens (including phenoxy) is 1. The first-order valence-electron chi connectivity index (χ1n) is 8.10. The summed E-state index contributed by atoms with van der Waals surface area (Å²) in [5.41, 5.74) is 7.50. The number of carbonyl (C=O) groups is 1. The molecule has 25 heavy (non-hydrogen) atoms. The highest BCUT2D eigenvalue weighted by Gasteiger charge is 2.32. The van der Waals surface area contributed by atoms with E-state index in [4.69, 9.17) is 10.5 Å². The number of aromatic nitrogens is 3. The highest BCUT2D eigenvalue weighted by molar-refractivity contribution is 5.95. The summed E-state index contributed by atoms with van der Waals surface area (Å²) >= 11 is 0. The van der Waals surface area contributed by atoms with Crippen LogP contribution in [-0.2, 0) is 9.53 Å². The molecule has 0 bridgehead atoms. The molecule has 0 saturated carbocycles. The Morgan fingerprint density at radius 2 is 2.00 bits per heavy atom. The summed E-state index contributed by atoms with van der Waals surface area (Å²) in [7, 11) is 0. The van der Waals surface area contributed by atoms with E-state index in [0.29, 0.717) is 49.5 Å². The highest BCUT2D eigenvalue weighted by atomic mass is 16.5. The van der Waals surface area contributed by atoms with E-state index in [1.807, 2.05) is 4.90 Å². The second-order valence-corrected chi connectivity index (χ2v) is 6.06. The molecular weight excluding hydrogens is 324 g/mol. The van der Waals surface area contributed by atoms with E-state index in [1.54, 1.807) is 12.3 Å². The number of hydrogen-bond acceptors (Lipinski definition) is 7. The lowest BCUT2D eigenvalue weighted by Gasteiger charge is -2.30. The van der Waals surface area contributed by atoms with Crippen LogP contribution >= 0.6 is 0 Å². The number of aromatic amines is 1. The normalized spacial score (nSPS) is 20.1. The number of morpholine rings is 1. The van der Waals surface area contributed by atoms with Gasteiger partial charge in [-0.3, -0.25) is 9.59 Å². The van der Waals surface area contributed by atoms with Crippen LogP contribution in [0.25, 0.3) is 0 Å². The lowest BCUT2D eigenvalue weighted by Crippen LogP contribution is -2.38. The zero-order chi connectivity index (χ0) is 17.4. The van der Waals surface area contributed by atoms with Gasteiger partial charge in [-0.05, 0) is 5.56 Å². The van der Waals surface area contributed by atoms with Crippen molar-refractivity contribution in [3.05, 3.63) is 39.8 Å². The Hall–Kier alpha value is -2.94. The average molecular weight is 342 g/mol. The first-order chi connectivity index (χ1) is 12.1. The van der Waals surface area contributed by atoms with Crippen molar-refractivity contribution in [2.75, 3.05) is 42.3 Å². The number of nitrogens with one attached hydrogen (secondary N) is 2. The summed E-state index contributed by atoms with van der Waals surface area (Å²) in [5.74, 6) is 0.820. The number of nitrogens with zero attached hydrogens (tertiary/aromatic N) is 3. The Labute approximate surface area is 143 Å². The van der Waals surface area contributed by atoms with Crippen LogP contribution in [0.4, 0.5) is 17.6 Å². The maximum atomic E-state index is 12.2. The van der Waals surface area contributed by atoms with Crippen molar-refractivity contribution in [2.45, 2.75) is 12.3 Å². The predicted molar refractivity (Wildman–Crippen MR) is 91.6 cm³/mol. The van der Waals surface area contributed by atoms with E-state index < -0.39 is 0 Å². The number of H-pyrrole nitrogens is 1. The maximum Gasteiger partial charge on any atom is 0.247 e. The third kappa shape index (κ3) is 2.93. The van der Waals surface area contributed by atoms with Gasteiger partial charge >= 0.3 is 0 Å². The van der Waals surface area contributed by atoms with Crippen molar-refractivity contribution in [2.24, 2.45) is 0 Å². The molecule has 1 saturated heterocycles. The second-order valence-electron chi connectivity index (χ2n) is 6.06. The number of nitrogens with two attached hydrogens (primary N) is 1. The minimum Gasteiger partial charge on any atom is -0.383 e.